The van der Waals surface area contributed by atoms with Gasteiger partial charge < -0.3 is 15.3 Å². The summed E-state index contributed by atoms with van der Waals surface area (Å²) in [5.41, 5.74) is 2.50. The topological polar surface area (TPSA) is 99.8 Å². The Morgan fingerprint density at radius 3 is 2.50 bits per heavy atom. The van der Waals surface area contributed by atoms with Crippen molar-refractivity contribution in [3.8, 4) is 0 Å². The van der Waals surface area contributed by atoms with Gasteiger partial charge in [-0.1, -0.05) is 13.8 Å². The second kappa shape index (κ2) is 7.76. The van der Waals surface area contributed by atoms with Crippen LogP contribution in [0.4, 0.5) is 17.3 Å². The molecule has 0 aliphatic carbocycles. The number of benzene rings is 1. The number of hydrogen-bond donors (Lipinski definition) is 2. The summed E-state index contributed by atoms with van der Waals surface area (Å²) in [6.45, 7) is 4.64. The predicted octanol–water partition coefficient (Wildman–Crippen LogP) is 2.43. The van der Waals surface area contributed by atoms with Gasteiger partial charge in [0.1, 0.15) is 11.6 Å². The van der Waals surface area contributed by atoms with E-state index in [1.165, 1.54) is 6.26 Å². The van der Waals surface area contributed by atoms with Crippen LogP contribution in [0, 0.1) is 0 Å². The van der Waals surface area contributed by atoms with E-state index >= 15 is 0 Å². The Morgan fingerprint density at radius 2 is 1.93 bits per heavy atom. The van der Waals surface area contributed by atoms with Gasteiger partial charge in [-0.2, -0.15) is 9.61 Å². The van der Waals surface area contributed by atoms with Crippen molar-refractivity contribution < 1.29 is 13.5 Å². The number of hydrogen-bond acceptors (Lipinski definition) is 7. The highest BCUT2D eigenvalue weighted by molar-refractivity contribution is 7.90. The molecule has 0 spiro atoms. The molecule has 0 aliphatic rings. The SMILES string of the molecule is CC(C)c1cnn2c(Nc3ccc(S(C)(=O)=O)cc3)cc(N(C)CCO)nc12. The van der Waals surface area contributed by atoms with Crippen LogP contribution in [0.2, 0.25) is 0 Å². The zero-order valence-electron chi connectivity index (χ0n) is 16.4. The molecule has 0 aliphatic heterocycles. The monoisotopic (exact) mass is 403 g/mol. The van der Waals surface area contributed by atoms with Crippen molar-refractivity contribution >= 4 is 32.8 Å². The number of likely N-dealkylation sites (N-methyl/N-ethyl adjacent to an activating group) is 1. The van der Waals surface area contributed by atoms with Crippen molar-refractivity contribution in [1.29, 1.82) is 0 Å². The molecule has 1 aromatic carbocycles. The largest absolute Gasteiger partial charge is 0.395 e. The zero-order chi connectivity index (χ0) is 20.5. The number of fused-ring (bicyclic) bond motifs is 1. The molecule has 0 unspecified atom stereocenters. The Hall–Kier alpha value is -2.65. The van der Waals surface area contributed by atoms with Crippen LogP contribution in [0.15, 0.2) is 41.4 Å². The summed E-state index contributed by atoms with van der Waals surface area (Å²) < 4.78 is 25.0. The first-order valence-electron chi connectivity index (χ1n) is 8.98. The molecule has 0 saturated carbocycles. The molecule has 8 nitrogen and oxygen atoms in total. The second-order valence-electron chi connectivity index (χ2n) is 7.06. The first-order chi connectivity index (χ1) is 13.2. The van der Waals surface area contributed by atoms with Crippen LogP contribution >= 0.6 is 0 Å². The summed E-state index contributed by atoms with van der Waals surface area (Å²) in [5, 5.41) is 17.0. The number of nitrogens with zero attached hydrogens (tertiary/aromatic N) is 4. The number of nitrogens with one attached hydrogen (secondary N) is 1. The van der Waals surface area contributed by atoms with E-state index in [4.69, 9.17) is 4.98 Å². The van der Waals surface area contributed by atoms with Gasteiger partial charge in [-0.05, 0) is 30.2 Å². The molecule has 0 bridgehead atoms. The second-order valence-corrected chi connectivity index (χ2v) is 9.07. The molecule has 0 radical (unpaired) electrons. The number of aliphatic hydroxyl groups is 1. The van der Waals surface area contributed by atoms with Gasteiger partial charge in [0.15, 0.2) is 15.5 Å². The normalized spacial score (nSPS) is 11.9. The van der Waals surface area contributed by atoms with E-state index in [1.807, 2.05) is 18.0 Å². The Bertz CT molecular complexity index is 1070. The van der Waals surface area contributed by atoms with E-state index < -0.39 is 9.84 Å². The molecule has 28 heavy (non-hydrogen) atoms. The average molecular weight is 404 g/mol. The molecule has 0 fully saturated rings. The molecule has 9 heteroatoms. The van der Waals surface area contributed by atoms with Gasteiger partial charge in [0.05, 0.1) is 17.7 Å². The molecule has 3 aromatic rings. The lowest BCUT2D eigenvalue weighted by molar-refractivity contribution is 0.304. The first-order valence-corrected chi connectivity index (χ1v) is 10.9. The maximum atomic E-state index is 11.7. The summed E-state index contributed by atoms with van der Waals surface area (Å²) >= 11 is 0. The minimum Gasteiger partial charge on any atom is -0.395 e. The minimum atomic E-state index is -3.24. The Kier molecular flexibility index (Phi) is 5.57. The van der Waals surface area contributed by atoms with E-state index in [0.717, 1.165) is 16.9 Å². The van der Waals surface area contributed by atoms with E-state index in [-0.39, 0.29) is 17.4 Å². The number of sulfone groups is 1. The van der Waals surface area contributed by atoms with Crippen LogP contribution in [-0.4, -0.2) is 54.6 Å². The van der Waals surface area contributed by atoms with Crippen LogP contribution in [0.3, 0.4) is 0 Å². The van der Waals surface area contributed by atoms with Crippen LogP contribution in [0.1, 0.15) is 25.3 Å². The molecule has 0 atom stereocenters. The molecule has 0 saturated heterocycles. The van der Waals surface area contributed by atoms with Gasteiger partial charge in [-0.15, -0.1) is 0 Å². The van der Waals surface area contributed by atoms with E-state index in [2.05, 4.69) is 24.3 Å². The Balaban J connectivity index is 2.06. The number of aromatic nitrogens is 3. The third-order valence-electron chi connectivity index (χ3n) is 4.49. The maximum absolute atomic E-state index is 11.7. The van der Waals surface area contributed by atoms with Crippen LogP contribution in [0.5, 0.6) is 0 Å². The average Bonchev–Trinajstić information content (AvgIpc) is 3.06. The molecule has 0 amide bonds. The van der Waals surface area contributed by atoms with Crippen molar-refractivity contribution in [2.75, 3.05) is 36.7 Å². The summed E-state index contributed by atoms with van der Waals surface area (Å²) in [5.74, 6) is 1.66. The summed E-state index contributed by atoms with van der Waals surface area (Å²) in [6, 6.07) is 8.42. The highest BCUT2D eigenvalue weighted by Gasteiger charge is 2.16. The van der Waals surface area contributed by atoms with Crippen LogP contribution in [0.25, 0.3) is 5.65 Å². The fraction of sp³-hybridized carbons (Fsp3) is 0.368. The van der Waals surface area contributed by atoms with Crippen molar-refractivity contribution in [3.63, 3.8) is 0 Å². The van der Waals surface area contributed by atoms with Crippen LogP contribution < -0.4 is 10.2 Å². The van der Waals surface area contributed by atoms with E-state index in [0.29, 0.717) is 18.2 Å². The summed E-state index contributed by atoms with van der Waals surface area (Å²) in [4.78, 5) is 6.86. The minimum absolute atomic E-state index is 0.0232. The third kappa shape index (κ3) is 4.10. The number of aliphatic hydroxyl groups excluding tert-OH is 1. The van der Waals surface area contributed by atoms with Gasteiger partial charge in [0.2, 0.25) is 0 Å². The molecule has 3 rings (SSSR count). The lowest BCUT2D eigenvalue weighted by atomic mass is 10.1. The standard InChI is InChI=1S/C19H25N5O3S/c1-13(2)16-12-20-24-18(11-17(22-19(16)24)23(3)9-10-25)21-14-5-7-15(8-6-14)28(4,26)27/h5-8,11-13,21,25H,9-10H2,1-4H3. The lowest BCUT2D eigenvalue weighted by Gasteiger charge is -2.19. The quantitative estimate of drug-likeness (QED) is 0.625. The molecular formula is C19H25N5O3S. The van der Waals surface area contributed by atoms with E-state index in [1.54, 1.807) is 35.0 Å². The predicted molar refractivity (Wildman–Crippen MR) is 110 cm³/mol. The zero-order valence-corrected chi connectivity index (χ0v) is 17.2. The Labute approximate surface area is 164 Å². The van der Waals surface area contributed by atoms with Crippen molar-refractivity contribution in [2.45, 2.75) is 24.7 Å². The maximum Gasteiger partial charge on any atom is 0.175 e. The lowest BCUT2D eigenvalue weighted by Crippen LogP contribution is -2.23. The molecule has 2 aromatic heterocycles. The van der Waals surface area contributed by atoms with Crippen LogP contribution in [-0.2, 0) is 9.84 Å². The summed E-state index contributed by atoms with van der Waals surface area (Å²) in [7, 11) is -1.38. The van der Waals surface area contributed by atoms with Gasteiger partial charge >= 0.3 is 0 Å². The van der Waals surface area contributed by atoms with Crippen molar-refractivity contribution in [1.82, 2.24) is 14.6 Å². The fourth-order valence-corrected chi connectivity index (χ4v) is 3.49. The van der Waals surface area contributed by atoms with Crippen molar-refractivity contribution in [3.05, 3.63) is 42.1 Å². The highest BCUT2D eigenvalue weighted by atomic mass is 32.2. The molecule has 150 valence electrons. The highest BCUT2D eigenvalue weighted by Crippen LogP contribution is 2.27. The summed E-state index contributed by atoms with van der Waals surface area (Å²) in [6.07, 6.45) is 2.99. The fourth-order valence-electron chi connectivity index (χ4n) is 2.86. The van der Waals surface area contributed by atoms with Gasteiger partial charge in [-0.25, -0.2) is 13.4 Å². The van der Waals surface area contributed by atoms with Gasteiger partial charge in [0, 0.05) is 37.2 Å². The first kappa shape index (κ1) is 20.1. The van der Waals surface area contributed by atoms with E-state index in [9.17, 15) is 13.5 Å². The van der Waals surface area contributed by atoms with Gasteiger partial charge in [-0.3, -0.25) is 0 Å². The molecular weight excluding hydrogens is 378 g/mol. The smallest absolute Gasteiger partial charge is 0.175 e. The number of rotatable bonds is 7. The van der Waals surface area contributed by atoms with Crippen molar-refractivity contribution in [2.24, 2.45) is 0 Å². The molecule has 2 heterocycles. The Morgan fingerprint density at radius 1 is 1.25 bits per heavy atom. The third-order valence-corrected chi connectivity index (χ3v) is 5.62. The number of anilines is 3. The molecule has 2 N–H and O–H groups in total. The van der Waals surface area contributed by atoms with Gasteiger partial charge in [0.25, 0.3) is 0 Å².